The van der Waals surface area contributed by atoms with Crippen molar-refractivity contribution < 1.29 is 27.8 Å². The monoisotopic (exact) mass is 467 g/mol. The number of rotatable bonds is 4. The predicted octanol–water partition coefficient (Wildman–Crippen LogP) is 4.76. The van der Waals surface area contributed by atoms with Crippen molar-refractivity contribution in [1.82, 2.24) is 4.90 Å². The zero-order chi connectivity index (χ0) is 23.8. The van der Waals surface area contributed by atoms with E-state index in [4.69, 9.17) is 14.2 Å². The molecular weight excluding hydrogens is 440 g/mol. The van der Waals surface area contributed by atoms with E-state index >= 15 is 0 Å². The molecule has 1 heterocycles. The summed E-state index contributed by atoms with van der Waals surface area (Å²) < 4.78 is 44.2. The van der Waals surface area contributed by atoms with Crippen molar-refractivity contribution in [1.29, 1.82) is 0 Å². The Balaban J connectivity index is 1.45. The van der Waals surface area contributed by atoms with Gasteiger partial charge in [0.05, 0.1) is 26.2 Å². The minimum atomic E-state index is -0.384. The van der Waals surface area contributed by atoms with Crippen LogP contribution in [0.1, 0.15) is 23.1 Å². The van der Waals surface area contributed by atoms with Crippen molar-refractivity contribution in [2.24, 2.45) is 0 Å². The maximum atomic E-state index is 13.9. The van der Waals surface area contributed by atoms with Crippen LogP contribution in [-0.2, 0) is 22.5 Å². The van der Waals surface area contributed by atoms with Crippen LogP contribution in [-0.4, -0.2) is 43.8 Å². The molecule has 0 atom stereocenters. The zero-order valence-electron chi connectivity index (χ0n) is 18.8. The fraction of sp³-hybridized carbons (Fsp3) is 0.296. The molecule has 0 radical (unpaired) electrons. The molecule has 1 amide bonds. The van der Waals surface area contributed by atoms with Gasteiger partial charge in [0, 0.05) is 31.1 Å². The van der Waals surface area contributed by atoms with Gasteiger partial charge in [-0.25, -0.2) is 8.78 Å². The third-order valence-electron chi connectivity index (χ3n) is 5.51. The molecule has 3 aromatic carbocycles. The summed E-state index contributed by atoms with van der Waals surface area (Å²) >= 11 is 0. The minimum absolute atomic E-state index is 0.0823. The SMILES string of the molecule is O=C(CCOc1cccc(F)c1)N1CCOCCOc2ccc(F)cc2Cc2cccc(c2)C1. The lowest BCUT2D eigenvalue weighted by molar-refractivity contribution is -0.133. The second-order valence-corrected chi connectivity index (χ2v) is 8.08. The molecule has 1 aliphatic heterocycles. The smallest absolute Gasteiger partial charge is 0.226 e. The molecule has 4 rings (SSSR count). The fourth-order valence-electron chi connectivity index (χ4n) is 3.86. The van der Waals surface area contributed by atoms with Crippen LogP contribution in [0.4, 0.5) is 8.78 Å². The molecule has 0 saturated heterocycles. The summed E-state index contributed by atoms with van der Waals surface area (Å²) in [5.41, 5.74) is 2.73. The van der Waals surface area contributed by atoms with Crippen molar-refractivity contribution in [2.75, 3.05) is 33.0 Å². The molecule has 34 heavy (non-hydrogen) atoms. The lowest BCUT2D eigenvalue weighted by atomic mass is 10.0. The third kappa shape index (κ3) is 6.78. The molecule has 0 saturated carbocycles. The largest absolute Gasteiger partial charge is 0.493 e. The number of benzene rings is 3. The van der Waals surface area contributed by atoms with Crippen LogP contribution >= 0.6 is 0 Å². The Labute approximate surface area is 197 Å². The zero-order valence-corrected chi connectivity index (χ0v) is 18.8. The molecule has 7 heteroatoms. The normalized spacial score (nSPS) is 14.5. The van der Waals surface area contributed by atoms with Gasteiger partial charge in [0.2, 0.25) is 5.91 Å². The Morgan fingerprint density at radius 2 is 1.74 bits per heavy atom. The highest BCUT2D eigenvalue weighted by molar-refractivity contribution is 5.76. The molecule has 0 spiro atoms. The van der Waals surface area contributed by atoms with Crippen LogP contribution in [0, 0.1) is 11.6 Å². The van der Waals surface area contributed by atoms with Gasteiger partial charge < -0.3 is 19.1 Å². The number of ether oxygens (including phenoxy) is 3. The van der Waals surface area contributed by atoms with E-state index in [2.05, 4.69) is 0 Å². The molecule has 178 valence electrons. The van der Waals surface area contributed by atoms with Crippen LogP contribution in [0.3, 0.4) is 0 Å². The van der Waals surface area contributed by atoms with Gasteiger partial charge in [0.1, 0.15) is 29.7 Å². The van der Waals surface area contributed by atoms with Crippen LogP contribution in [0.25, 0.3) is 0 Å². The molecule has 0 N–H and O–H groups in total. The number of fused-ring (bicyclic) bond motifs is 3. The van der Waals surface area contributed by atoms with Crippen LogP contribution in [0.5, 0.6) is 11.5 Å². The number of hydrogen-bond acceptors (Lipinski definition) is 4. The van der Waals surface area contributed by atoms with E-state index in [1.165, 1.54) is 24.3 Å². The van der Waals surface area contributed by atoms with Crippen molar-refractivity contribution in [3.63, 3.8) is 0 Å². The first-order chi connectivity index (χ1) is 16.6. The summed E-state index contributed by atoms with van der Waals surface area (Å²) in [6.07, 6.45) is 0.670. The molecule has 0 aliphatic carbocycles. The second kappa shape index (κ2) is 11.6. The molecule has 0 unspecified atom stereocenters. The topological polar surface area (TPSA) is 48.0 Å². The minimum Gasteiger partial charge on any atom is -0.493 e. The maximum Gasteiger partial charge on any atom is 0.226 e. The molecule has 5 nitrogen and oxygen atoms in total. The quantitative estimate of drug-likeness (QED) is 0.555. The Bertz CT molecular complexity index is 1120. The molecular formula is C27H27F2NO4. The van der Waals surface area contributed by atoms with Crippen LogP contribution in [0.15, 0.2) is 66.7 Å². The van der Waals surface area contributed by atoms with Crippen molar-refractivity contribution >= 4 is 5.91 Å². The first kappa shape index (κ1) is 23.7. The number of halogens is 2. The Morgan fingerprint density at radius 3 is 2.62 bits per heavy atom. The summed E-state index contributed by atoms with van der Waals surface area (Å²) in [5, 5.41) is 0. The van der Waals surface area contributed by atoms with E-state index in [0.717, 1.165) is 16.7 Å². The number of hydrogen-bond donors (Lipinski definition) is 0. The molecule has 3 aromatic rings. The summed E-state index contributed by atoms with van der Waals surface area (Å²) in [6, 6.07) is 18.3. The van der Waals surface area contributed by atoms with E-state index in [0.29, 0.717) is 50.8 Å². The van der Waals surface area contributed by atoms with E-state index in [9.17, 15) is 13.6 Å². The highest BCUT2D eigenvalue weighted by atomic mass is 19.1. The molecule has 2 bridgehead atoms. The van der Waals surface area contributed by atoms with E-state index < -0.39 is 0 Å². The summed E-state index contributed by atoms with van der Waals surface area (Å²) in [4.78, 5) is 14.7. The average Bonchev–Trinajstić information content (AvgIpc) is 2.81. The van der Waals surface area contributed by atoms with Crippen LogP contribution in [0.2, 0.25) is 0 Å². The Kier molecular flexibility index (Phi) is 8.09. The highest BCUT2D eigenvalue weighted by Gasteiger charge is 2.16. The van der Waals surface area contributed by atoms with Gasteiger partial charge >= 0.3 is 0 Å². The lowest BCUT2D eigenvalue weighted by Gasteiger charge is -2.24. The Hall–Kier alpha value is -3.45. The lowest BCUT2D eigenvalue weighted by Crippen LogP contribution is -2.34. The standard InChI is InChI=1S/C27H27F2NO4/c28-23-5-2-6-25(18-23)33-11-9-27(31)30-10-12-32-13-14-34-26-8-7-24(29)17-22(26)16-20-3-1-4-21(15-20)19-30/h1-8,15,17-18H,9-14,16,19H2. The van der Waals surface area contributed by atoms with Gasteiger partial charge in [0.25, 0.3) is 0 Å². The number of amides is 1. The number of carbonyl (C=O) groups is 1. The van der Waals surface area contributed by atoms with Crippen LogP contribution < -0.4 is 9.47 Å². The van der Waals surface area contributed by atoms with Gasteiger partial charge in [-0.05, 0) is 41.5 Å². The molecule has 0 aromatic heterocycles. The van der Waals surface area contributed by atoms with Gasteiger partial charge in [-0.1, -0.05) is 30.3 Å². The maximum absolute atomic E-state index is 13.9. The molecule has 0 fully saturated rings. The summed E-state index contributed by atoms with van der Waals surface area (Å²) in [7, 11) is 0. The highest BCUT2D eigenvalue weighted by Crippen LogP contribution is 2.24. The second-order valence-electron chi connectivity index (χ2n) is 8.08. The Morgan fingerprint density at radius 1 is 0.912 bits per heavy atom. The average molecular weight is 468 g/mol. The fourth-order valence-corrected chi connectivity index (χ4v) is 3.86. The van der Waals surface area contributed by atoms with E-state index in [-0.39, 0.29) is 30.6 Å². The number of nitrogens with zero attached hydrogens (tertiary/aromatic N) is 1. The van der Waals surface area contributed by atoms with Crippen molar-refractivity contribution in [3.8, 4) is 11.5 Å². The first-order valence-corrected chi connectivity index (χ1v) is 11.3. The predicted molar refractivity (Wildman–Crippen MR) is 124 cm³/mol. The van der Waals surface area contributed by atoms with E-state index in [1.54, 1.807) is 23.1 Å². The summed E-state index contributed by atoms with van der Waals surface area (Å²) in [5.74, 6) is 0.253. The van der Waals surface area contributed by atoms with Gasteiger partial charge in [-0.15, -0.1) is 0 Å². The first-order valence-electron chi connectivity index (χ1n) is 11.3. The summed E-state index contributed by atoms with van der Waals surface area (Å²) in [6.45, 7) is 2.03. The molecule has 1 aliphatic rings. The van der Waals surface area contributed by atoms with Crippen molar-refractivity contribution in [3.05, 3.63) is 95.1 Å². The third-order valence-corrected chi connectivity index (χ3v) is 5.51. The van der Waals surface area contributed by atoms with Gasteiger partial charge in [-0.3, -0.25) is 4.79 Å². The van der Waals surface area contributed by atoms with Gasteiger partial charge in [-0.2, -0.15) is 0 Å². The number of carbonyl (C=O) groups excluding carboxylic acids is 1. The van der Waals surface area contributed by atoms with Crippen molar-refractivity contribution in [2.45, 2.75) is 19.4 Å². The van der Waals surface area contributed by atoms with Gasteiger partial charge in [0.15, 0.2) is 0 Å². The van der Waals surface area contributed by atoms with E-state index in [1.807, 2.05) is 24.3 Å².